The van der Waals surface area contributed by atoms with Gasteiger partial charge in [-0.2, -0.15) is 5.10 Å². The molecule has 2 heterocycles. The molecule has 5 heteroatoms. The molecule has 1 N–H and O–H groups in total. The predicted molar refractivity (Wildman–Crippen MR) is 115 cm³/mol. The van der Waals surface area contributed by atoms with Crippen LogP contribution in [0.4, 0.5) is 5.69 Å². The zero-order valence-corrected chi connectivity index (χ0v) is 16.9. The molecule has 0 saturated heterocycles. The first-order valence-corrected chi connectivity index (χ1v) is 9.79. The van der Waals surface area contributed by atoms with Crippen LogP contribution >= 0.6 is 0 Å². The Hall–Kier alpha value is -3.08. The fourth-order valence-electron chi connectivity index (χ4n) is 4.11. The van der Waals surface area contributed by atoms with Gasteiger partial charge in [0.15, 0.2) is 0 Å². The minimum absolute atomic E-state index is 0.0289. The molecule has 5 nitrogen and oxygen atoms in total. The molecule has 0 unspecified atom stereocenters. The van der Waals surface area contributed by atoms with Crippen LogP contribution in [0.25, 0.3) is 21.8 Å². The maximum Gasteiger partial charge on any atom is 0.224 e. The maximum absolute atomic E-state index is 12.5. The van der Waals surface area contributed by atoms with E-state index in [2.05, 4.69) is 58.3 Å². The van der Waals surface area contributed by atoms with Crippen molar-refractivity contribution in [3.05, 3.63) is 59.4 Å². The number of amides is 1. The monoisotopic (exact) mass is 374 g/mol. The molecule has 0 aliphatic carbocycles. The highest BCUT2D eigenvalue weighted by Gasteiger charge is 2.13. The summed E-state index contributed by atoms with van der Waals surface area (Å²) in [7, 11) is 1.94. The summed E-state index contributed by atoms with van der Waals surface area (Å²) in [6, 6.07) is 14.6. The van der Waals surface area contributed by atoms with Gasteiger partial charge in [-0.05, 0) is 57.0 Å². The van der Waals surface area contributed by atoms with E-state index < -0.39 is 0 Å². The minimum atomic E-state index is 0.0289. The van der Waals surface area contributed by atoms with Crippen LogP contribution < -0.4 is 5.32 Å². The quantitative estimate of drug-likeness (QED) is 0.549. The summed E-state index contributed by atoms with van der Waals surface area (Å²) in [6.07, 6.45) is 1.15. The number of carbonyl (C=O) groups excluding carboxylic acids is 1. The molecule has 1 amide bonds. The van der Waals surface area contributed by atoms with E-state index in [9.17, 15) is 4.79 Å². The number of benzene rings is 2. The topological polar surface area (TPSA) is 51.9 Å². The van der Waals surface area contributed by atoms with Crippen LogP contribution in [0, 0.1) is 13.8 Å². The first-order valence-electron chi connectivity index (χ1n) is 9.79. The Morgan fingerprint density at radius 1 is 1.07 bits per heavy atom. The summed E-state index contributed by atoms with van der Waals surface area (Å²) in [5.41, 5.74) is 6.56. The van der Waals surface area contributed by atoms with Gasteiger partial charge in [-0.25, -0.2) is 0 Å². The average molecular weight is 374 g/mol. The maximum atomic E-state index is 12.5. The second-order valence-electron chi connectivity index (χ2n) is 7.31. The number of rotatable bonds is 5. The van der Waals surface area contributed by atoms with E-state index >= 15 is 0 Å². The van der Waals surface area contributed by atoms with Crippen molar-refractivity contribution >= 4 is 33.4 Å². The molecule has 0 saturated carbocycles. The second-order valence-corrected chi connectivity index (χ2v) is 7.31. The summed E-state index contributed by atoms with van der Waals surface area (Å²) < 4.78 is 4.18. The van der Waals surface area contributed by atoms with E-state index in [-0.39, 0.29) is 5.91 Å². The van der Waals surface area contributed by atoms with Gasteiger partial charge < -0.3 is 9.88 Å². The predicted octanol–water partition coefficient (Wildman–Crippen LogP) is 4.74. The van der Waals surface area contributed by atoms with Crippen LogP contribution in [0.5, 0.6) is 0 Å². The van der Waals surface area contributed by atoms with Crippen LogP contribution in [-0.4, -0.2) is 20.3 Å². The Balaban J connectivity index is 1.56. The minimum Gasteiger partial charge on any atom is -0.341 e. The Morgan fingerprint density at radius 3 is 2.54 bits per heavy atom. The highest BCUT2D eigenvalue weighted by atomic mass is 16.1. The standard InChI is InChI=1S/C23H26N4O/c1-5-27-21-9-7-6-8-19(21)20-14-17(10-12-22(20)27)24-23(28)13-11-18-15(2)25-26(4)16(18)3/h6-10,12,14H,5,11,13H2,1-4H3,(H,24,28). The Labute approximate surface area is 165 Å². The molecule has 0 spiro atoms. The van der Waals surface area contributed by atoms with Crippen molar-refractivity contribution in [2.24, 2.45) is 7.05 Å². The third kappa shape index (κ3) is 3.07. The van der Waals surface area contributed by atoms with Crippen LogP contribution in [0.1, 0.15) is 30.3 Å². The number of para-hydroxylation sites is 1. The SMILES string of the molecule is CCn1c2ccccc2c2cc(NC(=O)CCc3c(C)nn(C)c3C)ccc21. The highest BCUT2D eigenvalue weighted by Crippen LogP contribution is 2.31. The van der Waals surface area contributed by atoms with Gasteiger partial charge in [0.25, 0.3) is 0 Å². The summed E-state index contributed by atoms with van der Waals surface area (Å²) in [5.74, 6) is 0.0289. The van der Waals surface area contributed by atoms with Crippen molar-refractivity contribution in [1.29, 1.82) is 0 Å². The third-order valence-electron chi connectivity index (χ3n) is 5.63. The summed E-state index contributed by atoms with van der Waals surface area (Å²) in [6.45, 7) is 7.12. The van der Waals surface area contributed by atoms with E-state index in [1.54, 1.807) is 0 Å². The van der Waals surface area contributed by atoms with Gasteiger partial charge in [-0.15, -0.1) is 0 Å². The van der Waals surface area contributed by atoms with Gasteiger partial charge >= 0.3 is 0 Å². The molecule has 2 aromatic carbocycles. The number of nitrogens with zero attached hydrogens (tertiary/aromatic N) is 3. The Bertz CT molecular complexity index is 1180. The van der Waals surface area contributed by atoms with Crippen molar-refractivity contribution in [2.45, 2.75) is 40.2 Å². The Morgan fingerprint density at radius 2 is 1.82 bits per heavy atom. The normalized spacial score (nSPS) is 11.4. The first kappa shape index (κ1) is 18.3. The van der Waals surface area contributed by atoms with Gasteiger partial charge in [0.05, 0.1) is 5.69 Å². The molecule has 4 aromatic rings. The number of anilines is 1. The average Bonchev–Trinajstić information content (AvgIpc) is 3.13. The van der Waals surface area contributed by atoms with Crippen molar-refractivity contribution in [1.82, 2.24) is 14.3 Å². The van der Waals surface area contributed by atoms with Crippen LogP contribution in [-0.2, 0) is 24.8 Å². The van der Waals surface area contributed by atoms with Crippen LogP contribution in [0.2, 0.25) is 0 Å². The zero-order chi connectivity index (χ0) is 19.8. The molecular formula is C23H26N4O. The molecule has 144 valence electrons. The van der Waals surface area contributed by atoms with Crippen molar-refractivity contribution in [3.63, 3.8) is 0 Å². The van der Waals surface area contributed by atoms with Gasteiger partial charge in [0, 0.05) is 53.2 Å². The zero-order valence-electron chi connectivity index (χ0n) is 16.9. The highest BCUT2D eigenvalue weighted by molar-refractivity contribution is 6.09. The lowest BCUT2D eigenvalue weighted by Gasteiger charge is -2.07. The lowest BCUT2D eigenvalue weighted by atomic mass is 10.1. The molecule has 2 aromatic heterocycles. The van der Waals surface area contributed by atoms with E-state index in [1.807, 2.05) is 31.6 Å². The molecule has 0 fully saturated rings. The molecule has 4 rings (SSSR count). The van der Waals surface area contributed by atoms with Crippen molar-refractivity contribution < 1.29 is 4.79 Å². The number of hydrogen-bond acceptors (Lipinski definition) is 2. The number of aromatic nitrogens is 3. The van der Waals surface area contributed by atoms with E-state index in [0.717, 1.165) is 23.6 Å². The molecule has 0 aliphatic rings. The van der Waals surface area contributed by atoms with Gasteiger partial charge in [0.1, 0.15) is 0 Å². The number of hydrogen-bond donors (Lipinski definition) is 1. The molecule has 0 radical (unpaired) electrons. The second kappa shape index (κ2) is 7.15. The number of carbonyl (C=O) groups is 1. The molecule has 28 heavy (non-hydrogen) atoms. The fraction of sp³-hybridized carbons (Fsp3) is 0.304. The molecule has 0 bridgehead atoms. The molecule has 0 atom stereocenters. The number of aryl methyl sites for hydroxylation is 3. The largest absolute Gasteiger partial charge is 0.341 e. The third-order valence-corrected chi connectivity index (χ3v) is 5.63. The van der Waals surface area contributed by atoms with E-state index in [1.165, 1.54) is 27.4 Å². The van der Waals surface area contributed by atoms with Crippen LogP contribution in [0.3, 0.4) is 0 Å². The molecular weight excluding hydrogens is 348 g/mol. The van der Waals surface area contributed by atoms with Gasteiger partial charge in [-0.1, -0.05) is 18.2 Å². The van der Waals surface area contributed by atoms with E-state index in [0.29, 0.717) is 12.8 Å². The first-order chi connectivity index (χ1) is 13.5. The van der Waals surface area contributed by atoms with E-state index in [4.69, 9.17) is 0 Å². The molecule has 0 aliphatic heterocycles. The number of nitrogens with one attached hydrogen (secondary N) is 1. The smallest absolute Gasteiger partial charge is 0.224 e. The van der Waals surface area contributed by atoms with Gasteiger partial charge in [-0.3, -0.25) is 9.48 Å². The van der Waals surface area contributed by atoms with Gasteiger partial charge in [0.2, 0.25) is 5.91 Å². The summed E-state index contributed by atoms with van der Waals surface area (Å²) in [5, 5.41) is 9.89. The van der Waals surface area contributed by atoms with Crippen molar-refractivity contribution in [3.8, 4) is 0 Å². The summed E-state index contributed by atoms with van der Waals surface area (Å²) in [4.78, 5) is 12.5. The Kier molecular flexibility index (Phi) is 4.67. The fourth-order valence-corrected chi connectivity index (χ4v) is 4.11. The van der Waals surface area contributed by atoms with Crippen LogP contribution in [0.15, 0.2) is 42.5 Å². The van der Waals surface area contributed by atoms with Crippen molar-refractivity contribution in [2.75, 3.05) is 5.32 Å². The number of fused-ring (bicyclic) bond motifs is 3. The lowest BCUT2D eigenvalue weighted by molar-refractivity contribution is -0.116. The lowest BCUT2D eigenvalue weighted by Crippen LogP contribution is -2.12. The summed E-state index contributed by atoms with van der Waals surface area (Å²) >= 11 is 0.